The Labute approximate surface area is 182 Å². The molecule has 4 nitrogen and oxygen atoms in total. The molecule has 0 fully saturated rings. The SMILES string of the molecule is CC[C@@H](C)NC(=O)c1ccccc1NC(=O)c1ccc(CSc2ccccc2)cc1. The van der Waals surface area contributed by atoms with Gasteiger partial charge in [-0.25, -0.2) is 0 Å². The summed E-state index contributed by atoms with van der Waals surface area (Å²) in [5.41, 5.74) is 2.67. The van der Waals surface area contributed by atoms with Gasteiger partial charge in [-0.1, -0.05) is 49.4 Å². The van der Waals surface area contributed by atoms with E-state index in [-0.39, 0.29) is 17.9 Å². The summed E-state index contributed by atoms with van der Waals surface area (Å²) >= 11 is 1.76. The summed E-state index contributed by atoms with van der Waals surface area (Å²) in [6.45, 7) is 3.97. The molecule has 0 saturated heterocycles. The van der Waals surface area contributed by atoms with Crippen LogP contribution in [0.4, 0.5) is 5.69 Å². The second kappa shape index (κ2) is 10.6. The number of thioether (sulfide) groups is 1. The molecule has 1 atom stereocenters. The molecule has 2 amide bonds. The van der Waals surface area contributed by atoms with Crippen LogP contribution in [0.25, 0.3) is 0 Å². The summed E-state index contributed by atoms with van der Waals surface area (Å²) in [6.07, 6.45) is 0.842. The number of amides is 2. The van der Waals surface area contributed by atoms with E-state index >= 15 is 0 Å². The summed E-state index contributed by atoms with van der Waals surface area (Å²) < 4.78 is 0. The average Bonchev–Trinajstić information content (AvgIpc) is 2.79. The summed E-state index contributed by atoms with van der Waals surface area (Å²) in [7, 11) is 0. The average molecular weight is 419 g/mol. The first-order valence-corrected chi connectivity index (χ1v) is 11.0. The van der Waals surface area contributed by atoms with Crippen molar-refractivity contribution in [3.8, 4) is 0 Å². The minimum Gasteiger partial charge on any atom is -0.350 e. The van der Waals surface area contributed by atoms with E-state index in [9.17, 15) is 9.59 Å². The fourth-order valence-electron chi connectivity index (χ4n) is 2.82. The molecule has 5 heteroatoms. The topological polar surface area (TPSA) is 58.2 Å². The number of carbonyl (C=O) groups is 2. The van der Waals surface area contributed by atoms with Gasteiger partial charge in [-0.2, -0.15) is 0 Å². The zero-order valence-electron chi connectivity index (χ0n) is 17.2. The van der Waals surface area contributed by atoms with Crippen LogP contribution in [0.5, 0.6) is 0 Å². The van der Waals surface area contributed by atoms with Crippen molar-refractivity contribution >= 4 is 29.3 Å². The van der Waals surface area contributed by atoms with Gasteiger partial charge in [0.05, 0.1) is 11.3 Å². The maximum absolute atomic E-state index is 12.7. The van der Waals surface area contributed by atoms with E-state index in [0.29, 0.717) is 16.8 Å². The van der Waals surface area contributed by atoms with Crippen LogP contribution < -0.4 is 10.6 Å². The van der Waals surface area contributed by atoms with Gasteiger partial charge in [0.2, 0.25) is 0 Å². The van der Waals surface area contributed by atoms with Crippen molar-refractivity contribution in [2.75, 3.05) is 5.32 Å². The van der Waals surface area contributed by atoms with Gasteiger partial charge >= 0.3 is 0 Å². The van der Waals surface area contributed by atoms with Crippen LogP contribution >= 0.6 is 11.8 Å². The first-order chi connectivity index (χ1) is 14.6. The molecular weight excluding hydrogens is 392 g/mol. The molecule has 0 spiro atoms. The third-order valence-corrected chi connectivity index (χ3v) is 5.86. The normalized spacial score (nSPS) is 11.5. The van der Waals surface area contributed by atoms with Crippen molar-refractivity contribution in [1.82, 2.24) is 5.32 Å². The molecule has 0 aromatic heterocycles. The number of hydrogen-bond acceptors (Lipinski definition) is 3. The highest BCUT2D eigenvalue weighted by atomic mass is 32.2. The molecule has 3 rings (SSSR count). The van der Waals surface area contributed by atoms with Crippen LogP contribution in [0.2, 0.25) is 0 Å². The third-order valence-electron chi connectivity index (χ3n) is 4.77. The van der Waals surface area contributed by atoms with Gasteiger partial charge in [0.25, 0.3) is 11.8 Å². The lowest BCUT2D eigenvalue weighted by atomic mass is 10.1. The highest BCUT2D eigenvalue weighted by molar-refractivity contribution is 7.98. The van der Waals surface area contributed by atoms with Gasteiger partial charge < -0.3 is 10.6 Å². The molecule has 0 bridgehead atoms. The molecule has 0 aliphatic heterocycles. The summed E-state index contributed by atoms with van der Waals surface area (Å²) in [5, 5.41) is 5.81. The minimum atomic E-state index is -0.235. The molecule has 2 N–H and O–H groups in total. The summed E-state index contributed by atoms with van der Waals surface area (Å²) in [5.74, 6) is 0.416. The largest absolute Gasteiger partial charge is 0.350 e. The molecular formula is C25H26N2O2S. The van der Waals surface area contributed by atoms with Gasteiger partial charge in [-0.3, -0.25) is 9.59 Å². The number of carbonyl (C=O) groups excluding carboxylic acids is 2. The Morgan fingerprint density at radius 2 is 1.53 bits per heavy atom. The Bertz CT molecular complexity index is 988. The van der Waals surface area contributed by atoms with E-state index in [2.05, 4.69) is 22.8 Å². The lowest BCUT2D eigenvalue weighted by Gasteiger charge is -2.14. The zero-order chi connectivity index (χ0) is 21.3. The highest BCUT2D eigenvalue weighted by Gasteiger charge is 2.15. The maximum Gasteiger partial charge on any atom is 0.255 e. The number of benzene rings is 3. The second-order valence-corrected chi connectivity index (χ2v) is 8.13. The van der Waals surface area contributed by atoms with Crippen molar-refractivity contribution in [1.29, 1.82) is 0 Å². The minimum absolute atomic E-state index is 0.0718. The van der Waals surface area contributed by atoms with E-state index in [0.717, 1.165) is 17.7 Å². The molecule has 30 heavy (non-hydrogen) atoms. The van der Waals surface area contributed by atoms with E-state index in [1.807, 2.05) is 56.3 Å². The lowest BCUT2D eigenvalue weighted by molar-refractivity contribution is 0.0940. The molecule has 0 unspecified atom stereocenters. The third kappa shape index (κ3) is 5.97. The monoisotopic (exact) mass is 418 g/mol. The first kappa shape index (κ1) is 21.7. The Kier molecular flexibility index (Phi) is 7.69. The standard InChI is InChI=1S/C25H26N2O2S/c1-3-18(2)26-25(29)22-11-7-8-12-23(22)27-24(28)20-15-13-19(14-16-20)17-30-21-9-5-4-6-10-21/h4-16,18H,3,17H2,1-2H3,(H,26,29)(H,27,28)/t18-/m1/s1. The highest BCUT2D eigenvalue weighted by Crippen LogP contribution is 2.23. The van der Waals surface area contributed by atoms with Gasteiger partial charge in [0, 0.05) is 22.3 Å². The molecule has 0 radical (unpaired) electrons. The van der Waals surface area contributed by atoms with Crippen LogP contribution in [0, 0.1) is 0 Å². The van der Waals surface area contributed by atoms with Crippen molar-refractivity contribution in [3.63, 3.8) is 0 Å². The van der Waals surface area contributed by atoms with Crippen molar-refractivity contribution in [2.45, 2.75) is 37.0 Å². The molecule has 154 valence electrons. The van der Waals surface area contributed by atoms with Crippen LogP contribution in [0.15, 0.2) is 83.8 Å². The Hall–Kier alpha value is -3.05. The van der Waals surface area contributed by atoms with Gasteiger partial charge in [-0.05, 0) is 55.3 Å². The molecule has 3 aromatic rings. The van der Waals surface area contributed by atoms with Gasteiger partial charge in [0.1, 0.15) is 0 Å². The molecule has 0 aliphatic rings. The predicted molar refractivity (Wildman–Crippen MR) is 124 cm³/mol. The zero-order valence-corrected chi connectivity index (χ0v) is 18.0. The summed E-state index contributed by atoms with van der Waals surface area (Å²) in [6, 6.07) is 24.9. The van der Waals surface area contributed by atoms with Crippen molar-refractivity contribution < 1.29 is 9.59 Å². The molecule has 0 saturated carbocycles. The molecule has 0 heterocycles. The predicted octanol–water partition coefficient (Wildman–Crippen LogP) is 5.76. The van der Waals surface area contributed by atoms with E-state index in [1.54, 1.807) is 36.0 Å². The Morgan fingerprint density at radius 3 is 2.23 bits per heavy atom. The number of anilines is 1. The number of hydrogen-bond donors (Lipinski definition) is 2. The summed E-state index contributed by atoms with van der Waals surface area (Å²) in [4.78, 5) is 26.4. The van der Waals surface area contributed by atoms with Gasteiger partial charge in [0.15, 0.2) is 0 Å². The number of nitrogens with one attached hydrogen (secondary N) is 2. The van der Waals surface area contributed by atoms with Crippen LogP contribution in [-0.2, 0) is 5.75 Å². The smallest absolute Gasteiger partial charge is 0.255 e. The van der Waals surface area contributed by atoms with Gasteiger partial charge in [-0.15, -0.1) is 11.8 Å². The Morgan fingerprint density at radius 1 is 0.867 bits per heavy atom. The van der Waals surface area contributed by atoms with Crippen molar-refractivity contribution in [2.24, 2.45) is 0 Å². The second-order valence-electron chi connectivity index (χ2n) is 7.08. The first-order valence-electron chi connectivity index (χ1n) is 10.0. The van der Waals surface area contributed by atoms with E-state index in [4.69, 9.17) is 0 Å². The molecule has 3 aromatic carbocycles. The van der Waals surface area contributed by atoms with Crippen LogP contribution in [-0.4, -0.2) is 17.9 Å². The van der Waals surface area contributed by atoms with Crippen molar-refractivity contribution in [3.05, 3.63) is 95.6 Å². The maximum atomic E-state index is 12.7. The Balaban J connectivity index is 1.64. The van der Waals surface area contributed by atoms with Crippen LogP contribution in [0.3, 0.4) is 0 Å². The number of rotatable bonds is 8. The fourth-order valence-corrected chi connectivity index (χ4v) is 3.70. The van der Waals surface area contributed by atoms with Crippen LogP contribution in [0.1, 0.15) is 46.5 Å². The number of para-hydroxylation sites is 1. The fraction of sp³-hybridized carbons (Fsp3) is 0.200. The van der Waals surface area contributed by atoms with E-state index < -0.39 is 0 Å². The quantitative estimate of drug-likeness (QED) is 0.457. The van der Waals surface area contributed by atoms with E-state index in [1.165, 1.54) is 4.90 Å². The molecule has 0 aliphatic carbocycles. The lowest BCUT2D eigenvalue weighted by Crippen LogP contribution is -2.32.